The normalized spacial score (nSPS) is 12.2. The maximum atomic E-state index is 6.06. The maximum Gasteiger partial charge on any atom is 0.124 e. The molecule has 0 saturated heterocycles. The van der Waals surface area contributed by atoms with Crippen LogP contribution in [0.4, 0.5) is 0 Å². The van der Waals surface area contributed by atoms with Gasteiger partial charge in [-0.05, 0) is 37.3 Å². The lowest BCUT2D eigenvalue weighted by molar-refractivity contribution is 0.405. The maximum absolute atomic E-state index is 6.06. The minimum Gasteiger partial charge on any atom is -0.496 e. The van der Waals surface area contributed by atoms with Crippen molar-refractivity contribution in [2.45, 2.75) is 22.8 Å². The van der Waals surface area contributed by atoms with Crippen molar-refractivity contribution in [1.29, 1.82) is 0 Å². The third-order valence-electron chi connectivity index (χ3n) is 2.73. The van der Waals surface area contributed by atoms with Gasteiger partial charge < -0.3 is 10.5 Å². The smallest absolute Gasteiger partial charge is 0.124 e. The predicted octanol–water partition coefficient (Wildman–Crippen LogP) is 4.52. The molecule has 2 N–H and O–H groups in total. The van der Waals surface area contributed by atoms with E-state index in [2.05, 4.69) is 0 Å². The van der Waals surface area contributed by atoms with E-state index < -0.39 is 0 Å². The molecule has 0 aromatic heterocycles. The fourth-order valence-corrected chi connectivity index (χ4v) is 3.28. The van der Waals surface area contributed by atoms with E-state index in [-0.39, 0.29) is 6.04 Å². The second kappa shape index (κ2) is 6.33. The molecule has 0 aliphatic heterocycles. The van der Waals surface area contributed by atoms with Gasteiger partial charge in [-0.3, -0.25) is 0 Å². The van der Waals surface area contributed by atoms with E-state index >= 15 is 0 Å². The van der Waals surface area contributed by atoms with Crippen molar-refractivity contribution in [3.8, 4) is 5.75 Å². The van der Waals surface area contributed by atoms with Crippen LogP contribution in [-0.2, 0) is 0 Å². The lowest BCUT2D eigenvalue weighted by Crippen LogP contribution is -2.08. The molecule has 0 bridgehead atoms. The zero-order valence-corrected chi connectivity index (χ0v) is 12.5. The van der Waals surface area contributed by atoms with E-state index in [1.165, 1.54) is 0 Å². The molecule has 1 atom stereocenters. The van der Waals surface area contributed by atoms with Crippen molar-refractivity contribution in [2.24, 2.45) is 5.73 Å². The van der Waals surface area contributed by atoms with Gasteiger partial charge in [0.05, 0.1) is 7.11 Å². The Labute approximate surface area is 122 Å². The SMILES string of the molecule is COc1cccc(Sc2cccc(Cl)c2)c1C(C)N. The van der Waals surface area contributed by atoms with Gasteiger partial charge in [0, 0.05) is 26.4 Å². The molecule has 0 aliphatic carbocycles. The Morgan fingerprint density at radius 1 is 1.21 bits per heavy atom. The summed E-state index contributed by atoms with van der Waals surface area (Å²) in [7, 11) is 1.66. The number of hydrogen-bond donors (Lipinski definition) is 1. The minimum absolute atomic E-state index is 0.0853. The Kier molecular flexibility index (Phi) is 4.75. The van der Waals surface area contributed by atoms with Crippen LogP contribution < -0.4 is 10.5 Å². The van der Waals surface area contributed by atoms with Gasteiger partial charge in [-0.25, -0.2) is 0 Å². The molecule has 2 aromatic rings. The Morgan fingerprint density at radius 3 is 2.58 bits per heavy atom. The average Bonchev–Trinajstić information content (AvgIpc) is 2.38. The van der Waals surface area contributed by atoms with Gasteiger partial charge in [0.25, 0.3) is 0 Å². The molecule has 2 aromatic carbocycles. The summed E-state index contributed by atoms with van der Waals surface area (Å²) in [6.45, 7) is 1.96. The standard InChI is InChI=1S/C15H16ClNOS/c1-10(17)15-13(18-2)7-4-8-14(15)19-12-6-3-5-11(16)9-12/h3-10H,17H2,1-2H3. The summed E-state index contributed by atoms with van der Waals surface area (Å²) in [6, 6.07) is 13.6. The summed E-state index contributed by atoms with van der Waals surface area (Å²) < 4.78 is 5.39. The van der Waals surface area contributed by atoms with E-state index in [0.717, 1.165) is 26.1 Å². The van der Waals surface area contributed by atoms with Gasteiger partial charge >= 0.3 is 0 Å². The third kappa shape index (κ3) is 3.44. The van der Waals surface area contributed by atoms with Gasteiger partial charge in [-0.1, -0.05) is 35.5 Å². The summed E-state index contributed by atoms with van der Waals surface area (Å²) in [4.78, 5) is 2.18. The van der Waals surface area contributed by atoms with E-state index in [9.17, 15) is 0 Å². The van der Waals surface area contributed by atoms with Crippen LogP contribution in [-0.4, -0.2) is 7.11 Å². The molecular formula is C15H16ClNOS. The number of benzene rings is 2. The fraction of sp³-hybridized carbons (Fsp3) is 0.200. The third-order valence-corrected chi connectivity index (χ3v) is 4.03. The molecule has 19 heavy (non-hydrogen) atoms. The van der Waals surface area contributed by atoms with Crippen LogP contribution in [0.3, 0.4) is 0 Å². The molecule has 1 unspecified atom stereocenters. The number of rotatable bonds is 4. The molecule has 0 aliphatic rings. The molecule has 0 fully saturated rings. The van der Waals surface area contributed by atoms with Crippen LogP contribution in [0.5, 0.6) is 5.75 Å². The number of hydrogen-bond acceptors (Lipinski definition) is 3. The molecule has 2 rings (SSSR count). The molecule has 100 valence electrons. The lowest BCUT2D eigenvalue weighted by atomic mass is 10.1. The Balaban J connectivity index is 2.39. The second-order valence-corrected chi connectivity index (χ2v) is 5.77. The van der Waals surface area contributed by atoms with Crippen LogP contribution in [0.15, 0.2) is 52.3 Å². The highest BCUT2D eigenvalue weighted by molar-refractivity contribution is 7.99. The van der Waals surface area contributed by atoms with E-state index in [0.29, 0.717) is 0 Å². The first-order chi connectivity index (χ1) is 9.11. The quantitative estimate of drug-likeness (QED) is 0.900. The van der Waals surface area contributed by atoms with Crippen molar-refractivity contribution >= 4 is 23.4 Å². The van der Waals surface area contributed by atoms with E-state index in [1.54, 1.807) is 18.9 Å². The molecule has 2 nitrogen and oxygen atoms in total. The Morgan fingerprint density at radius 2 is 1.95 bits per heavy atom. The summed E-state index contributed by atoms with van der Waals surface area (Å²) in [5, 5.41) is 0.732. The largest absolute Gasteiger partial charge is 0.496 e. The molecular weight excluding hydrogens is 278 g/mol. The van der Waals surface area contributed by atoms with Crippen molar-refractivity contribution in [2.75, 3.05) is 7.11 Å². The van der Waals surface area contributed by atoms with Gasteiger partial charge in [0.1, 0.15) is 5.75 Å². The lowest BCUT2D eigenvalue weighted by Gasteiger charge is -2.16. The van der Waals surface area contributed by atoms with Gasteiger partial charge in [0.2, 0.25) is 0 Å². The van der Waals surface area contributed by atoms with Crippen molar-refractivity contribution in [1.82, 2.24) is 0 Å². The topological polar surface area (TPSA) is 35.2 Å². The molecule has 0 radical (unpaired) electrons. The Hall–Kier alpha value is -1.16. The highest BCUT2D eigenvalue weighted by Crippen LogP contribution is 2.38. The highest BCUT2D eigenvalue weighted by Gasteiger charge is 2.14. The van der Waals surface area contributed by atoms with Crippen molar-refractivity contribution in [3.63, 3.8) is 0 Å². The fourth-order valence-electron chi connectivity index (χ4n) is 1.90. The molecule has 0 heterocycles. The van der Waals surface area contributed by atoms with Crippen LogP contribution in [0.25, 0.3) is 0 Å². The van der Waals surface area contributed by atoms with Crippen molar-refractivity contribution < 1.29 is 4.74 Å². The predicted molar refractivity (Wildman–Crippen MR) is 81.2 cm³/mol. The van der Waals surface area contributed by atoms with Crippen LogP contribution in [0, 0.1) is 0 Å². The number of nitrogens with two attached hydrogens (primary N) is 1. The summed E-state index contributed by atoms with van der Waals surface area (Å²) in [6.07, 6.45) is 0. The second-order valence-electron chi connectivity index (χ2n) is 4.22. The van der Waals surface area contributed by atoms with Crippen LogP contribution >= 0.6 is 23.4 Å². The minimum atomic E-state index is -0.0853. The first-order valence-corrected chi connectivity index (χ1v) is 7.17. The Bertz CT molecular complexity index is 572. The molecule has 0 spiro atoms. The number of halogens is 1. The summed E-state index contributed by atoms with van der Waals surface area (Å²) >= 11 is 7.65. The zero-order valence-electron chi connectivity index (χ0n) is 10.9. The van der Waals surface area contributed by atoms with Crippen LogP contribution in [0.2, 0.25) is 5.02 Å². The van der Waals surface area contributed by atoms with Gasteiger partial charge in [-0.2, -0.15) is 0 Å². The first-order valence-electron chi connectivity index (χ1n) is 5.97. The van der Waals surface area contributed by atoms with Crippen molar-refractivity contribution in [3.05, 3.63) is 53.1 Å². The zero-order chi connectivity index (χ0) is 13.8. The molecule has 4 heteroatoms. The number of methoxy groups -OCH3 is 1. The van der Waals surface area contributed by atoms with Crippen LogP contribution in [0.1, 0.15) is 18.5 Å². The monoisotopic (exact) mass is 293 g/mol. The summed E-state index contributed by atoms with van der Waals surface area (Å²) in [5.41, 5.74) is 7.08. The number of ether oxygens (including phenoxy) is 1. The average molecular weight is 294 g/mol. The molecule has 0 saturated carbocycles. The first kappa shape index (κ1) is 14.3. The van der Waals surface area contributed by atoms with Gasteiger partial charge in [0.15, 0.2) is 0 Å². The van der Waals surface area contributed by atoms with Gasteiger partial charge in [-0.15, -0.1) is 0 Å². The van der Waals surface area contributed by atoms with E-state index in [1.807, 2.05) is 49.4 Å². The highest BCUT2D eigenvalue weighted by atomic mass is 35.5. The van der Waals surface area contributed by atoms with E-state index in [4.69, 9.17) is 22.1 Å². The molecule has 0 amide bonds. The summed E-state index contributed by atoms with van der Waals surface area (Å²) in [5.74, 6) is 0.821.